The lowest BCUT2D eigenvalue weighted by molar-refractivity contribution is 0.103. The molecule has 0 atom stereocenters. The molecule has 0 fully saturated rings. The van der Waals surface area contributed by atoms with Gasteiger partial charge in [-0.3, -0.25) is 9.89 Å². The summed E-state index contributed by atoms with van der Waals surface area (Å²) in [5.74, 6) is -0.147. The molecule has 0 saturated heterocycles. The normalized spacial score (nSPS) is 12.8. The van der Waals surface area contributed by atoms with Crippen LogP contribution in [0.15, 0.2) is 36.4 Å². The van der Waals surface area contributed by atoms with E-state index in [1.807, 2.05) is 12.1 Å². The van der Waals surface area contributed by atoms with E-state index in [2.05, 4.69) is 10.2 Å². The van der Waals surface area contributed by atoms with E-state index in [-0.39, 0.29) is 11.5 Å². The first kappa shape index (κ1) is 9.41. The van der Waals surface area contributed by atoms with E-state index in [1.165, 1.54) is 6.07 Å². The van der Waals surface area contributed by atoms with Gasteiger partial charge in [-0.2, -0.15) is 5.10 Å². The van der Waals surface area contributed by atoms with Gasteiger partial charge in [0.1, 0.15) is 11.4 Å². The zero-order valence-electron chi connectivity index (χ0n) is 9.27. The third-order valence-electron chi connectivity index (χ3n) is 3.36. The Morgan fingerprint density at radius 2 is 1.83 bits per heavy atom. The van der Waals surface area contributed by atoms with Crippen molar-refractivity contribution < 1.29 is 9.90 Å². The number of phenolic OH excluding ortho intramolecular Hbond substituents is 1. The predicted octanol–water partition coefficient (Wildman–Crippen LogP) is 2.48. The van der Waals surface area contributed by atoms with Gasteiger partial charge < -0.3 is 5.11 Å². The number of aromatic hydroxyl groups is 1. The molecular formula is C14H8N2O2. The molecule has 4 rings (SSSR count). The molecule has 1 aliphatic rings. The van der Waals surface area contributed by atoms with Crippen LogP contribution in [0.25, 0.3) is 22.2 Å². The summed E-state index contributed by atoms with van der Waals surface area (Å²) in [6, 6.07) is 10.5. The average Bonchev–Trinajstić information content (AvgIpc) is 2.80. The van der Waals surface area contributed by atoms with Crippen LogP contribution in [0.5, 0.6) is 5.75 Å². The molecule has 0 unspecified atom stereocenters. The molecule has 1 heterocycles. The van der Waals surface area contributed by atoms with Crippen LogP contribution < -0.4 is 0 Å². The van der Waals surface area contributed by atoms with Gasteiger partial charge in [0.05, 0.1) is 11.1 Å². The van der Waals surface area contributed by atoms with Crippen LogP contribution in [0, 0.1) is 0 Å². The fourth-order valence-corrected chi connectivity index (χ4v) is 2.57. The Bertz CT molecular complexity index is 818. The lowest BCUT2D eigenvalue weighted by Crippen LogP contribution is -2.09. The molecule has 4 nitrogen and oxygen atoms in total. The van der Waals surface area contributed by atoms with Gasteiger partial charge in [0, 0.05) is 16.5 Å². The molecule has 2 aromatic carbocycles. The fraction of sp³-hybridized carbons (Fsp3) is 0. The predicted molar refractivity (Wildman–Crippen MR) is 66.6 cm³/mol. The van der Waals surface area contributed by atoms with Gasteiger partial charge in [-0.05, 0) is 12.1 Å². The highest BCUT2D eigenvalue weighted by Gasteiger charge is 2.29. The number of aromatic nitrogens is 2. The van der Waals surface area contributed by atoms with Crippen molar-refractivity contribution in [1.29, 1.82) is 0 Å². The van der Waals surface area contributed by atoms with E-state index in [1.54, 1.807) is 18.2 Å². The molecule has 0 spiro atoms. The molecule has 3 aromatic rings. The molecule has 1 aromatic heterocycles. The first-order valence-electron chi connectivity index (χ1n) is 5.61. The lowest BCUT2D eigenvalue weighted by atomic mass is 9.87. The standard InChI is InChI=1S/C14H8N2O2/c17-10-6-2-3-7-12(10)14(18)8-4-1-5-9-11(8)13(7)16-15-9/h1-6,17H,(H,15,16). The maximum Gasteiger partial charge on any atom is 0.198 e. The maximum atomic E-state index is 12.4. The molecule has 4 heteroatoms. The zero-order valence-corrected chi connectivity index (χ0v) is 9.27. The first-order valence-corrected chi connectivity index (χ1v) is 5.61. The number of hydrogen-bond acceptors (Lipinski definition) is 3. The summed E-state index contributed by atoms with van der Waals surface area (Å²) in [4.78, 5) is 12.4. The van der Waals surface area contributed by atoms with Gasteiger partial charge in [0.2, 0.25) is 0 Å². The Hall–Kier alpha value is -2.62. The Balaban J connectivity index is 2.27. The third kappa shape index (κ3) is 0.953. The average molecular weight is 236 g/mol. The van der Waals surface area contributed by atoms with Crippen LogP contribution in [-0.4, -0.2) is 21.1 Å². The van der Waals surface area contributed by atoms with Crippen molar-refractivity contribution in [3.8, 4) is 17.0 Å². The topological polar surface area (TPSA) is 66.0 Å². The summed E-state index contributed by atoms with van der Waals surface area (Å²) in [5.41, 5.74) is 3.18. The third-order valence-corrected chi connectivity index (χ3v) is 3.36. The Labute approximate surface area is 102 Å². The van der Waals surface area contributed by atoms with Crippen molar-refractivity contribution in [2.45, 2.75) is 0 Å². The minimum atomic E-state index is -0.150. The molecule has 0 bridgehead atoms. The number of nitrogens with zero attached hydrogens (tertiary/aromatic N) is 1. The number of phenols is 1. The molecule has 86 valence electrons. The van der Waals surface area contributed by atoms with Gasteiger partial charge in [0.15, 0.2) is 5.78 Å². The highest BCUT2D eigenvalue weighted by atomic mass is 16.3. The number of hydrogen-bond donors (Lipinski definition) is 2. The Morgan fingerprint density at radius 3 is 2.72 bits per heavy atom. The van der Waals surface area contributed by atoms with E-state index in [0.717, 1.165) is 16.6 Å². The summed E-state index contributed by atoms with van der Waals surface area (Å²) < 4.78 is 0. The van der Waals surface area contributed by atoms with Crippen LogP contribution in [0.4, 0.5) is 0 Å². The molecule has 0 radical (unpaired) electrons. The molecule has 2 N–H and O–H groups in total. The van der Waals surface area contributed by atoms with Crippen molar-refractivity contribution >= 4 is 16.7 Å². The Morgan fingerprint density at radius 1 is 1.06 bits per heavy atom. The van der Waals surface area contributed by atoms with E-state index < -0.39 is 0 Å². The highest BCUT2D eigenvalue weighted by molar-refractivity contribution is 6.25. The number of nitrogens with one attached hydrogen (secondary N) is 1. The number of carbonyl (C=O) groups is 1. The maximum absolute atomic E-state index is 12.4. The minimum absolute atomic E-state index is 0.00292. The van der Waals surface area contributed by atoms with Crippen molar-refractivity contribution in [1.82, 2.24) is 10.2 Å². The van der Waals surface area contributed by atoms with Crippen molar-refractivity contribution in [3.05, 3.63) is 47.5 Å². The number of ketones is 1. The second-order valence-corrected chi connectivity index (χ2v) is 4.33. The molecule has 0 saturated carbocycles. The van der Waals surface area contributed by atoms with Crippen LogP contribution in [0.2, 0.25) is 0 Å². The van der Waals surface area contributed by atoms with Gasteiger partial charge >= 0.3 is 0 Å². The van der Waals surface area contributed by atoms with E-state index in [9.17, 15) is 9.90 Å². The largest absolute Gasteiger partial charge is 0.507 e. The molecule has 1 aliphatic carbocycles. The summed E-state index contributed by atoms with van der Waals surface area (Å²) >= 11 is 0. The van der Waals surface area contributed by atoms with Gasteiger partial charge in [-0.25, -0.2) is 0 Å². The quantitative estimate of drug-likeness (QED) is 0.493. The zero-order chi connectivity index (χ0) is 12.3. The first-order chi connectivity index (χ1) is 8.77. The number of fused-ring (bicyclic) bond motifs is 2. The van der Waals surface area contributed by atoms with E-state index in [0.29, 0.717) is 16.7 Å². The lowest BCUT2D eigenvalue weighted by Gasteiger charge is -2.15. The molecule has 18 heavy (non-hydrogen) atoms. The SMILES string of the molecule is O=C1c2c(O)cccc2-c2n[nH]c3cccc1c23. The van der Waals surface area contributed by atoms with Crippen molar-refractivity contribution in [2.24, 2.45) is 0 Å². The van der Waals surface area contributed by atoms with Gasteiger partial charge in [-0.15, -0.1) is 0 Å². The highest BCUT2D eigenvalue weighted by Crippen LogP contribution is 2.40. The number of H-pyrrole nitrogens is 1. The van der Waals surface area contributed by atoms with Crippen LogP contribution >= 0.6 is 0 Å². The van der Waals surface area contributed by atoms with Crippen molar-refractivity contribution in [3.63, 3.8) is 0 Å². The van der Waals surface area contributed by atoms with Crippen molar-refractivity contribution in [2.75, 3.05) is 0 Å². The summed E-state index contributed by atoms with van der Waals surface area (Å²) in [7, 11) is 0. The molecule has 0 amide bonds. The minimum Gasteiger partial charge on any atom is -0.507 e. The second-order valence-electron chi connectivity index (χ2n) is 4.33. The smallest absolute Gasteiger partial charge is 0.198 e. The van der Waals surface area contributed by atoms with Crippen LogP contribution in [0.1, 0.15) is 15.9 Å². The van der Waals surface area contributed by atoms with E-state index in [4.69, 9.17) is 0 Å². The van der Waals surface area contributed by atoms with Gasteiger partial charge in [0.25, 0.3) is 0 Å². The summed E-state index contributed by atoms with van der Waals surface area (Å²) in [5, 5.41) is 17.9. The number of carbonyl (C=O) groups excluding carboxylic acids is 1. The monoisotopic (exact) mass is 236 g/mol. The fourth-order valence-electron chi connectivity index (χ4n) is 2.57. The summed E-state index contributed by atoms with van der Waals surface area (Å²) in [6.45, 7) is 0. The van der Waals surface area contributed by atoms with Crippen LogP contribution in [0.3, 0.4) is 0 Å². The molecular weight excluding hydrogens is 228 g/mol. The van der Waals surface area contributed by atoms with Crippen LogP contribution in [-0.2, 0) is 0 Å². The number of rotatable bonds is 0. The number of aromatic amines is 1. The summed E-state index contributed by atoms with van der Waals surface area (Å²) in [6.07, 6.45) is 0. The molecule has 0 aliphatic heterocycles. The Kier molecular flexibility index (Phi) is 1.56. The number of benzene rings is 2. The second kappa shape index (κ2) is 2.98. The van der Waals surface area contributed by atoms with Gasteiger partial charge in [-0.1, -0.05) is 24.3 Å². The van der Waals surface area contributed by atoms with E-state index >= 15 is 0 Å².